The van der Waals surface area contributed by atoms with Crippen LogP contribution < -0.4 is 5.73 Å². The molecule has 0 radical (unpaired) electrons. The van der Waals surface area contributed by atoms with Gasteiger partial charge < -0.3 is 10.6 Å². The molecule has 1 unspecified atom stereocenters. The molecule has 8 heteroatoms. The fourth-order valence-electron chi connectivity index (χ4n) is 1.43. The first-order valence-electron chi connectivity index (χ1n) is 4.97. The van der Waals surface area contributed by atoms with Crippen molar-refractivity contribution in [1.29, 1.82) is 0 Å². The van der Waals surface area contributed by atoms with Crippen LogP contribution in [-0.4, -0.2) is 29.7 Å². The second-order valence-electron chi connectivity index (χ2n) is 3.92. The van der Waals surface area contributed by atoms with Crippen molar-refractivity contribution in [2.45, 2.75) is 12.7 Å². The molecule has 1 aromatic rings. The van der Waals surface area contributed by atoms with E-state index in [1.807, 2.05) is 11.4 Å². The Kier molecular flexibility index (Phi) is 5.57. The second kappa shape index (κ2) is 6.31. The highest BCUT2D eigenvalue weighted by atomic mass is 79.9. The van der Waals surface area contributed by atoms with Crippen molar-refractivity contribution in [3.05, 3.63) is 20.8 Å². The highest BCUT2D eigenvalue weighted by Crippen LogP contribution is 2.28. The lowest BCUT2D eigenvalue weighted by molar-refractivity contribution is -0.158. The number of hydrogen-bond acceptors (Lipinski definition) is 3. The van der Waals surface area contributed by atoms with E-state index < -0.39 is 17.1 Å². The molecule has 2 N–H and O–H groups in total. The molecule has 0 saturated heterocycles. The van der Waals surface area contributed by atoms with Gasteiger partial charge in [-0.1, -0.05) is 12.2 Å². The predicted octanol–water partition coefficient (Wildman–Crippen LogP) is 3.41. The van der Waals surface area contributed by atoms with Crippen LogP contribution in [0.25, 0.3) is 0 Å². The summed E-state index contributed by atoms with van der Waals surface area (Å²) in [5, 5.41) is 1.89. The standard InChI is InChI=1S/C10H12BrF3N2S2/c1-16(3-7-2-6(11)5-18-7)4-8(9(15)17)10(12,13)14/h2,5,8H,3-4H2,1H3,(H2,15,17). The zero-order valence-corrected chi connectivity index (χ0v) is 12.7. The Morgan fingerprint density at radius 2 is 2.22 bits per heavy atom. The van der Waals surface area contributed by atoms with Gasteiger partial charge in [0.05, 0.1) is 4.99 Å². The summed E-state index contributed by atoms with van der Waals surface area (Å²) >= 11 is 9.26. The Morgan fingerprint density at radius 1 is 1.61 bits per heavy atom. The minimum atomic E-state index is -4.39. The summed E-state index contributed by atoms with van der Waals surface area (Å²) in [4.78, 5) is 2.03. The normalized spacial score (nSPS) is 13.9. The molecule has 0 fully saturated rings. The largest absolute Gasteiger partial charge is 0.399 e. The Balaban J connectivity index is 2.62. The third kappa shape index (κ3) is 4.83. The van der Waals surface area contributed by atoms with Crippen molar-refractivity contribution in [2.75, 3.05) is 13.6 Å². The molecule has 0 aliphatic carbocycles. The lowest BCUT2D eigenvalue weighted by atomic mass is 10.1. The molecule has 0 aliphatic heterocycles. The van der Waals surface area contributed by atoms with Crippen LogP contribution >= 0.6 is 39.5 Å². The fourth-order valence-corrected chi connectivity index (χ4v) is 3.17. The van der Waals surface area contributed by atoms with Crippen LogP contribution in [-0.2, 0) is 6.54 Å². The first-order chi connectivity index (χ1) is 8.20. The maximum atomic E-state index is 12.7. The lowest BCUT2D eigenvalue weighted by Gasteiger charge is -2.24. The highest BCUT2D eigenvalue weighted by molar-refractivity contribution is 9.10. The molecule has 102 valence electrons. The van der Waals surface area contributed by atoms with Crippen LogP contribution in [0.1, 0.15) is 4.88 Å². The maximum absolute atomic E-state index is 12.7. The highest BCUT2D eigenvalue weighted by Gasteiger charge is 2.42. The quantitative estimate of drug-likeness (QED) is 0.815. The number of nitrogens with two attached hydrogens (primary N) is 1. The van der Waals surface area contributed by atoms with E-state index in [-0.39, 0.29) is 6.54 Å². The van der Waals surface area contributed by atoms with Crippen molar-refractivity contribution in [2.24, 2.45) is 11.7 Å². The monoisotopic (exact) mass is 360 g/mol. The third-order valence-electron chi connectivity index (χ3n) is 2.28. The number of halogens is 4. The molecule has 1 rings (SSSR count). The van der Waals surface area contributed by atoms with E-state index in [9.17, 15) is 13.2 Å². The van der Waals surface area contributed by atoms with E-state index in [1.165, 1.54) is 11.3 Å². The molecule has 1 heterocycles. The van der Waals surface area contributed by atoms with Gasteiger partial charge >= 0.3 is 6.18 Å². The summed E-state index contributed by atoms with van der Waals surface area (Å²) in [6.45, 7) is 0.208. The Morgan fingerprint density at radius 3 is 2.61 bits per heavy atom. The molecular weight excluding hydrogens is 349 g/mol. The average Bonchev–Trinajstić information content (AvgIpc) is 2.58. The number of thiocarbonyl (C=S) groups is 1. The average molecular weight is 361 g/mol. The van der Waals surface area contributed by atoms with Crippen molar-refractivity contribution >= 4 is 44.5 Å². The van der Waals surface area contributed by atoms with Crippen LogP contribution in [0.3, 0.4) is 0 Å². The van der Waals surface area contributed by atoms with Crippen LogP contribution in [0.15, 0.2) is 15.9 Å². The number of rotatable bonds is 5. The van der Waals surface area contributed by atoms with Crippen LogP contribution in [0.4, 0.5) is 13.2 Å². The van der Waals surface area contributed by atoms with E-state index >= 15 is 0 Å². The lowest BCUT2D eigenvalue weighted by Crippen LogP contribution is -2.42. The molecule has 0 amide bonds. The zero-order chi connectivity index (χ0) is 13.9. The topological polar surface area (TPSA) is 29.3 Å². The minimum Gasteiger partial charge on any atom is -0.393 e. The molecular formula is C10H12BrF3N2S2. The van der Waals surface area contributed by atoms with Crippen molar-refractivity contribution in [1.82, 2.24) is 4.90 Å². The van der Waals surface area contributed by atoms with Gasteiger partial charge in [-0.2, -0.15) is 13.2 Å². The fraction of sp³-hybridized carbons (Fsp3) is 0.500. The zero-order valence-electron chi connectivity index (χ0n) is 9.50. The van der Waals surface area contributed by atoms with Gasteiger partial charge in [-0.05, 0) is 29.0 Å². The van der Waals surface area contributed by atoms with Crippen molar-refractivity contribution in [3.63, 3.8) is 0 Å². The van der Waals surface area contributed by atoms with Gasteiger partial charge in [-0.15, -0.1) is 11.3 Å². The van der Waals surface area contributed by atoms with Gasteiger partial charge in [-0.25, -0.2) is 0 Å². The van der Waals surface area contributed by atoms with Crippen molar-refractivity contribution in [3.8, 4) is 0 Å². The van der Waals surface area contributed by atoms with E-state index in [0.29, 0.717) is 6.54 Å². The summed E-state index contributed by atoms with van der Waals surface area (Å²) in [5.74, 6) is -1.76. The summed E-state index contributed by atoms with van der Waals surface area (Å²) in [5.41, 5.74) is 5.15. The van der Waals surface area contributed by atoms with Crippen molar-refractivity contribution < 1.29 is 13.2 Å². The van der Waals surface area contributed by atoms with Crippen LogP contribution in [0.2, 0.25) is 0 Å². The van der Waals surface area contributed by atoms with E-state index in [1.54, 1.807) is 11.9 Å². The van der Waals surface area contributed by atoms with E-state index in [4.69, 9.17) is 5.73 Å². The number of alkyl halides is 3. The van der Waals surface area contributed by atoms with Gasteiger partial charge in [0.2, 0.25) is 0 Å². The third-order valence-corrected chi connectivity index (χ3v) is 4.25. The Hall–Kier alpha value is -0.180. The van der Waals surface area contributed by atoms with Gasteiger partial charge in [0.1, 0.15) is 5.92 Å². The molecule has 0 saturated carbocycles. The summed E-state index contributed by atoms with van der Waals surface area (Å²) in [6.07, 6.45) is -4.39. The molecule has 18 heavy (non-hydrogen) atoms. The number of hydrogen-bond donors (Lipinski definition) is 1. The summed E-state index contributed by atoms with van der Waals surface area (Å²) in [7, 11) is 1.62. The molecule has 0 bridgehead atoms. The smallest absolute Gasteiger partial charge is 0.393 e. The number of nitrogens with zero attached hydrogens (tertiary/aromatic N) is 1. The Labute approximate surface area is 121 Å². The number of thiophene rings is 1. The molecule has 0 aromatic carbocycles. The Bertz CT molecular complexity index is 420. The second-order valence-corrected chi connectivity index (χ2v) is 6.31. The van der Waals surface area contributed by atoms with Gasteiger partial charge in [-0.3, -0.25) is 0 Å². The van der Waals surface area contributed by atoms with E-state index in [2.05, 4.69) is 28.1 Å². The van der Waals surface area contributed by atoms with Gasteiger partial charge in [0.15, 0.2) is 0 Å². The molecule has 1 atom stereocenters. The van der Waals surface area contributed by atoms with Gasteiger partial charge in [0.25, 0.3) is 0 Å². The molecule has 2 nitrogen and oxygen atoms in total. The maximum Gasteiger partial charge on any atom is 0.399 e. The van der Waals surface area contributed by atoms with Crippen LogP contribution in [0, 0.1) is 5.92 Å². The minimum absolute atomic E-state index is 0.228. The molecule has 1 aromatic heterocycles. The molecule has 0 spiro atoms. The SMILES string of the molecule is CN(Cc1cc(Br)cs1)CC(C(N)=S)C(F)(F)F. The summed E-state index contributed by atoms with van der Waals surface area (Å²) in [6, 6.07) is 1.88. The summed E-state index contributed by atoms with van der Waals surface area (Å²) < 4.78 is 39.0. The van der Waals surface area contributed by atoms with Crippen LogP contribution in [0.5, 0.6) is 0 Å². The van der Waals surface area contributed by atoms with E-state index in [0.717, 1.165) is 9.35 Å². The first-order valence-corrected chi connectivity index (χ1v) is 7.05. The van der Waals surface area contributed by atoms with Gasteiger partial charge in [0, 0.05) is 27.8 Å². The molecule has 0 aliphatic rings. The first kappa shape index (κ1) is 15.9. The predicted molar refractivity (Wildman–Crippen MR) is 74.7 cm³/mol.